The summed E-state index contributed by atoms with van der Waals surface area (Å²) in [6.45, 7) is 1.15. The number of nitrogens with one attached hydrogen (secondary N) is 1. The van der Waals surface area contributed by atoms with Crippen LogP contribution in [-0.2, 0) is 16.1 Å². The van der Waals surface area contributed by atoms with E-state index >= 15 is 0 Å². The minimum Gasteiger partial charge on any atom is -0.481 e. The Morgan fingerprint density at radius 1 is 1.00 bits per heavy atom. The molecule has 2 aromatic carbocycles. The number of rotatable bonds is 4. The highest BCUT2D eigenvalue weighted by Crippen LogP contribution is 2.18. The Labute approximate surface area is 169 Å². The number of hydrazine groups is 1. The molecule has 8 nitrogen and oxygen atoms in total. The summed E-state index contributed by atoms with van der Waals surface area (Å²) in [5, 5.41) is 8.88. The van der Waals surface area contributed by atoms with Gasteiger partial charge in [-0.3, -0.25) is 15.0 Å². The lowest BCUT2D eigenvalue weighted by Crippen LogP contribution is -2.40. The number of hydrogen-bond donors (Lipinski definition) is 3. The van der Waals surface area contributed by atoms with E-state index in [-0.39, 0.29) is 24.5 Å². The maximum atomic E-state index is 11.8. The van der Waals surface area contributed by atoms with Gasteiger partial charge in [0.2, 0.25) is 0 Å². The van der Waals surface area contributed by atoms with Crippen molar-refractivity contribution in [3.8, 4) is 0 Å². The third kappa shape index (κ3) is 7.27. The highest BCUT2D eigenvalue weighted by molar-refractivity contribution is 5.93. The summed E-state index contributed by atoms with van der Waals surface area (Å²) in [6, 6.07) is 18.3. The Morgan fingerprint density at radius 3 is 2.07 bits per heavy atom. The van der Waals surface area contributed by atoms with Crippen molar-refractivity contribution < 1.29 is 24.2 Å². The van der Waals surface area contributed by atoms with E-state index in [2.05, 4.69) is 0 Å². The fourth-order valence-electron chi connectivity index (χ4n) is 2.79. The molecule has 154 valence electrons. The standard InChI is InChI=1S/C14H17NO4.C7H8N2O/c16-13(17)12-6-8-15(9-7-12)14(18)19-10-11-4-2-1-3-5-11;8-9-7(10)6-4-2-1-3-5-6/h1-5,12H,6-10H2,(H,16,17);1-5H,8H2,(H,9,10). The molecule has 0 aromatic heterocycles. The first-order valence-electron chi connectivity index (χ1n) is 9.25. The van der Waals surface area contributed by atoms with Crippen molar-refractivity contribution in [2.24, 2.45) is 11.8 Å². The summed E-state index contributed by atoms with van der Waals surface area (Å²) in [6.07, 6.45) is 0.624. The summed E-state index contributed by atoms with van der Waals surface area (Å²) in [5.74, 6) is 3.53. The molecule has 0 atom stereocenters. The second-order valence-electron chi connectivity index (χ2n) is 6.48. The van der Waals surface area contributed by atoms with Crippen molar-refractivity contribution >= 4 is 18.0 Å². The average molecular weight is 399 g/mol. The third-order valence-electron chi connectivity index (χ3n) is 4.47. The van der Waals surface area contributed by atoms with Gasteiger partial charge in [0.15, 0.2) is 0 Å². The van der Waals surface area contributed by atoms with Gasteiger partial charge in [0, 0.05) is 18.7 Å². The van der Waals surface area contributed by atoms with Gasteiger partial charge in [0.25, 0.3) is 5.91 Å². The molecule has 4 N–H and O–H groups in total. The first-order chi connectivity index (χ1) is 14.0. The van der Waals surface area contributed by atoms with Crippen molar-refractivity contribution in [3.05, 3.63) is 71.8 Å². The van der Waals surface area contributed by atoms with Crippen LogP contribution in [0.4, 0.5) is 4.79 Å². The van der Waals surface area contributed by atoms with Crippen molar-refractivity contribution in [2.45, 2.75) is 19.4 Å². The van der Waals surface area contributed by atoms with Crippen LogP contribution in [0, 0.1) is 5.92 Å². The predicted octanol–water partition coefficient (Wildman–Crippen LogP) is 2.41. The Hall–Kier alpha value is -3.39. The molecular weight excluding hydrogens is 374 g/mol. The molecule has 1 fully saturated rings. The zero-order chi connectivity index (χ0) is 21.1. The van der Waals surface area contributed by atoms with Gasteiger partial charge in [-0.15, -0.1) is 0 Å². The summed E-state index contributed by atoms with van der Waals surface area (Å²) >= 11 is 0. The molecule has 0 spiro atoms. The first kappa shape index (κ1) is 21.9. The van der Waals surface area contributed by atoms with Gasteiger partial charge >= 0.3 is 12.1 Å². The molecule has 0 aliphatic carbocycles. The summed E-state index contributed by atoms with van der Waals surface area (Å²) in [7, 11) is 0. The van der Waals surface area contributed by atoms with E-state index in [1.54, 1.807) is 29.2 Å². The summed E-state index contributed by atoms with van der Waals surface area (Å²) in [5.41, 5.74) is 3.56. The molecule has 0 unspecified atom stereocenters. The largest absolute Gasteiger partial charge is 0.481 e. The lowest BCUT2D eigenvalue weighted by atomic mass is 9.97. The summed E-state index contributed by atoms with van der Waals surface area (Å²) < 4.78 is 5.20. The fraction of sp³-hybridized carbons (Fsp3) is 0.286. The SMILES string of the molecule is NNC(=O)c1ccccc1.O=C(O)C1CCN(C(=O)OCc2ccccc2)CC1. The van der Waals surface area contributed by atoms with E-state index in [4.69, 9.17) is 15.7 Å². The minimum absolute atomic E-state index is 0.249. The zero-order valence-corrected chi connectivity index (χ0v) is 16.0. The van der Waals surface area contributed by atoms with Gasteiger partial charge in [-0.05, 0) is 30.5 Å². The Balaban J connectivity index is 0.000000253. The second kappa shape index (κ2) is 11.5. The molecular formula is C21H25N3O5. The van der Waals surface area contributed by atoms with E-state index in [1.165, 1.54) is 0 Å². The topological polar surface area (TPSA) is 122 Å². The molecule has 29 heavy (non-hydrogen) atoms. The quantitative estimate of drug-likeness (QED) is 0.412. The molecule has 1 aliphatic rings. The molecule has 0 bridgehead atoms. The van der Waals surface area contributed by atoms with Crippen LogP contribution < -0.4 is 11.3 Å². The molecule has 1 saturated heterocycles. The fourth-order valence-corrected chi connectivity index (χ4v) is 2.79. The number of nitrogens with zero attached hydrogens (tertiary/aromatic N) is 1. The number of nitrogens with two attached hydrogens (primary N) is 1. The van der Waals surface area contributed by atoms with Crippen LogP contribution in [0.25, 0.3) is 0 Å². The minimum atomic E-state index is -0.780. The van der Waals surface area contributed by atoms with Crippen LogP contribution in [0.1, 0.15) is 28.8 Å². The van der Waals surface area contributed by atoms with Gasteiger partial charge in [-0.1, -0.05) is 48.5 Å². The number of carboxylic acid groups (broad SMARTS) is 1. The van der Waals surface area contributed by atoms with Crippen molar-refractivity contribution in [1.29, 1.82) is 0 Å². The normalized spacial score (nSPS) is 13.6. The van der Waals surface area contributed by atoms with Crippen molar-refractivity contribution in [3.63, 3.8) is 0 Å². The zero-order valence-electron chi connectivity index (χ0n) is 16.0. The number of ether oxygens (including phenoxy) is 1. The van der Waals surface area contributed by atoms with Gasteiger partial charge in [-0.25, -0.2) is 10.6 Å². The van der Waals surface area contributed by atoms with Crippen LogP contribution >= 0.6 is 0 Å². The van der Waals surface area contributed by atoms with E-state index in [1.807, 2.05) is 41.8 Å². The predicted molar refractivity (Wildman–Crippen MR) is 107 cm³/mol. The van der Waals surface area contributed by atoms with Crippen LogP contribution in [0.2, 0.25) is 0 Å². The number of piperidine rings is 1. The lowest BCUT2D eigenvalue weighted by molar-refractivity contribution is -0.143. The van der Waals surface area contributed by atoms with Gasteiger partial charge in [0.1, 0.15) is 6.61 Å². The average Bonchev–Trinajstić information content (AvgIpc) is 2.78. The Morgan fingerprint density at radius 2 is 1.55 bits per heavy atom. The third-order valence-corrected chi connectivity index (χ3v) is 4.47. The number of amides is 2. The van der Waals surface area contributed by atoms with Gasteiger partial charge in [0.05, 0.1) is 5.92 Å². The molecule has 0 saturated carbocycles. The molecule has 0 radical (unpaired) electrons. The van der Waals surface area contributed by atoms with Crippen LogP contribution in [0.15, 0.2) is 60.7 Å². The van der Waals surface area contributed by atoms with Crippen molar-refractivity contribution in [2.75, 3.05) is 13.1 Å². The van der Waals surface area contributed by atoms with E-state index in [9.17, 15) is 14.4 Å². The number of carbonyl (C=O) groups excluding carboxylic acids is 2. The monoisotopic (exact) mass is 399 g/mol. The van der Waals surface area contributed by atoms with E-state index in [0.29, 0.717) is 31.5 Å². The number of hydrogen-bond acceptors (Lipinski definition) is 5. The number of nitrogen functional groups attached to an aromatic ring is 1. The molecule has 2 aromatic rings. The van der Waals surface area contributed by atoms with Crippen molar-refractivity contribution in [1.82, 2.24) is 10.3 Å². The Bertz CT molecular complexity index is 790. The van der Waals surface area contributed by atoms with E-state index < -0.39 is 5.97 Å². The molecule has 3 rings (SSSR count). The summed E-state index contributed by atoms with van der Waals surface area (Å²) in [4.78, 5) is 35.0. The number of carbonyl (C=O) groups is 3. The van der Waals surface area contributed by atoms with E-state index in [0.717, 1.165) is 5.56 Å². The van der Waals surface area contributed by atoms with Crippen LogP contribution in [-0.4, -0.2) is 41.1 Å². The highest BCUT2D eigenvalue weighted by atomic mass is 16.6. The maximum absolute atomic E-state index is 11.8. The highest BCUT2D eigenvalue weighted by Gasteiger charge is 2.27. The molecule has 1 aliphatic heterocycles. The van der Waals surface area contributed by atoms with Gasteiger partial charge < -0.3 is 14.7 Å². The van der Waals surface area contributed by atoms with Crippen LogP contribution in [0.3, 0.4) is 0 Å². The molecule has 2 amide bonds. The number of benzene rings is 2. The molecule has 8 heteroatoms. The first-order valence-corrected chi connectivity index (χ1v) is 9.25. The number of aliphatic carboxylic acids is 1. The molecule has 1 heterocycles. The lowest BCUT2D eigenvalue weighted by Gasteiger charge is -2.29. The number of likely N-dealkylation sites (tertiary alicyclic amines) is 1. The number of carboxylic acids is 1. The van der Waals surface area contributed by atoms with Gasteiger partial charge in [-0.2, -0.15) is 0 Å². The second-order valence-corrected chi connectivity index (χ2v) is 6.48. The van der Waals surface area contributed by atoms with Crippen LogP contribution in [0.5, 0.6) is 0 Å². The Kier molecular flexibility index (Phi) is 8.65. The maximum Gasteiger partial charge on any atom is 0.410 e. The smallest absolute Gasteiger partial charge is 0.410 e.